The van der Waals surface area contributed by atoms with E-state index >= 15 is 0 Å². The number of nitrogens with zero attached hydrogens (tertiary/aromatic N) is 3. The van der Waals surface area contributed by atoms with Crippen LogP contribution in [0, 0.1) is 13.8 Å². The fourth-order valence-electron chi connectivity index (χ4n) is 1.93. The molecule has 0 unspecified atom stereocenters. The minimum atomic E-state index is -4.60. The van der Waals surface area contributed by atoms with E-state index in [4.69, 9.17) is 0 Å². The van der Waals surface area contributed by atoms with Gasteiger partial charge >= 0.3 is 6.18 Å². The van der Waals surface area contributed by atoms with Gasteiger partial charge in [-0.2, -0.15) is 13.2 Å². The molecule has 118 valence electrons. The van der Waals surface area contributed by atoms with Gasteiger partial charge in [-0.1, -0.05) is 11.8 Å². The summed E-state index contributed by atoms with van der Waals surface area (Å²) < 4.78 is 42.6. The first kappa shape index (κ1) is 16.5. The molecule has 0 saturated heterocycles. The van der Waals surface area contributed by atoms with E-state index in [9.17, 15) is 18.0 Å². The summed E-state index contributed by atoms with van der Waals surface area (Å²) in [4.78, 5) is 23.5. The number of alkyl halides is 3. The summed E-state index contributed by atoms with van der Waals surface area (Å²) in [6, 6.07) is 0. The summed E-state index contributed by atoms with van der Waals surface area (Å²) in [6.45, 7) is 4.67. The summed E-state index contributed by atoms with van der Waals surface area (Å²) in [5, 5.41) is 0.341. The number of thioether (sulfide) groups is 1. The van der Waals surface area contributed by atoms with Gasteiger partial charge in [0.15, 0.2) is 12.2 Å². The molecular formula is C13H12F3N3O2S. The number of hydrogen-bond donors (Lipinski definition) is 0. The zero-order chi connectivity index (χ0) is 16.5. The Hall–Kier alpha value is -1.90. The Bertz CT molecular complexity index is 713. The molecule has 0 amide bonds. The van der Waals surface area contributed by atoms with Gasteiger partial charge in [0.1, 0.15) is 16.5 Å². The molecule has 0 atom stereocenters. The summed E-state index contributed by atoms with van der Waals surface area (Å²) >= 11 is 0.997. The molecule has 2 heterocycles. The van der Waals surface area contributed by atoms with Crippen LogP contribution < -0.4 is 0 Å². The first-order valence-corrected chi connectivity index (χ1v) is 7.17. The smallest absolute Gasteiger partial charge is 0.439 e. The maximum atomic E-state index is 12.7. The monoisotopic (exact) mass is 331 g/mol. The third-order valence-corrected chi connectivity index (χ3v) is 3.75. The molecule has 0 bridgehead atoms. The highest BCUT2D eigenvalue weighted by Crippen LogP contribution is 2.34. The Morgan fingerprint density at radius 1 is 1.32 bits per heavy atom. The van der Waals surface area contributed by atoms with Gasteiger partial charge in [-0.25, -0.2) is 15.0 Å². The number of hydrogen-bond acceptors (Lipinski definition) is 6. The van der Waals surface area contributed by atoms with Gasteiger partial charge in [-0.05, 0) is 20.8 Å². The first-order chi connectivity index (χ1) is 10.2. The lowest BCUT2D eigenvalue weighted by atomic mass is 10.2. The molecule has 0 aromatic carbocycles. The summed E-state index contributed by atoms with van der Waals surface area (Å²) in [5.74, 6) is -1.04. The van der Waals surface area contributed by atoms with E-state index in [0.717, 1.165) is 18.2 Å². The average Bonchev–Trinajstić information content (AvgIpc) is 2.82. The van der Waals surface area contributed by atoms with Gasteiger partial charge in [0, 0.05) is 5.75 Å². The van der Waals surface area contributed by atoms with Gasteiger partial charge in [0.2, 0.25) is 5.76 Å². The fourth-order valence-corrected chi connectivity index (χ4v) is 3.04. The normalized spacial score (nSPS) is 11.7. The van der Waals surface area contributed by atoms with Crippen LogP contribution in [0.1, 0.15) is 40.3 Å². The van der Waals surface area contributed by atoms with Crippen molar-refractivity contribution in [1.82, 2.24) is 15.0 Å². The number of Topliss-reactive ketones (excluding diaryl/α,β-unsaturated/α-hetero) is 1. The van der Waals surface area contributed by atoms with Crippen LogP contribution in [-0.2, 0) is 11.9 Å². The topological polar surface area (TPSA) is 68.9 Å². The Kier molecular flexibility index (Phi) is 4.55. The number of rotatable bonds is 4. The predicted octanol–water partition coefficient (Wildman–Crippen LogP) is 3.60. The van der Waals surface area contributed by atoms with Gasteiger partial charge < -0.3 is 4.42 Å². The van der Waals surface area contributed by atoms with Gasteiger partial charge in [0.05, 0.1) is 11.3 Å². The molecule has 22 heavy (non-hydrogen) atoms. The summed E-state index contributed by atoms with van der Waals surface area (Å²) in [6.07, 6.45) is -3.85. The van der Waals surface area contributed by atoms with Crippen molar-refractivity contribution in [2.45, 2.75) is 37.7 Å². The van der Waals surface area contributed by atoms with Crippen LogP contribution in [0.5, 0.6) is 0 Å². The van der Waals surface area contributed by atoms with Gasteiger partial charge in [-0.15, -0.1) is 0 Å². The zero-order valence-electron chi connectivity index (χ0n) is 12.0. The highest BCUT2D eigenvalue weighted by Gasteiger charge is 2.38. The molecule has 0 spiro atoms. The van der Waals surface area contributed by atoms with Crippen LogP contribution in [0.25, 0.3) is 0 Å². The van der Waals surface area contributed by atoms with E-state index < -0.39 is 11.9 Å². The maximum absolute atomic E-state index is 12.7. The van der Waals surface area contributed by atoms with E-state index in [0.29, 0.717) is 22.1 Å². The fraction of sp³-hybridized carbons (Fsp3) is 0.385. The minimum Gasteiger partial charge on any atom is -0.439 e. The molecule has 0 saturated carbocycles. The Morgan fingerprint density at radius 2 is 2.00 bits per heavy atom. The molecule has 0 aliphatic carbocycles. The van der Waals surface area contributed by atoms with Crippen molar-refractivity contribution in [2.24, 2.45) is 0 Å². The average molecular weight is 331 g/mol. The molecule has 9 heteroatoms. The quantitative estimate of drug-likeness (QED) is 0.484. The molecule has 0 radical (unpaired) electrons. The third kappa shape index (κ3) is 3.46. The second-order valence-electron chi connectivity index (χ2n) is 4.51. The van der Waals surface area contributed by atoms with Crippen molar-refractivity contribution in [2.75, 3.05) is 0 Å². The van der Waals surface area contributed by atoms with Crippen LogP contribution in [0.3, 0.4) is 0 Å². The predicted molar refractivity (Wildman–Crippen MR) is 72.6 cm³/mol. The van der Waals surface area contributed by atoms with Crippen LogP contribution in [0.15, 0.2) is 15.8 Å². The molecule has 2 aromatic rings. The Labute approximate surface area is 128 Å². The van der Waals surface area contributed by atoms with Crippen LogP contribution in [-0.4, -0.2) is 20.7 Å². The van der Waals surface area contributed by atoms with Crippen molar-refractivity contribution in [3.63, 3.8) is 0 Å². The van der Waals surface area contributed by atoms with E-state index in [1.165, 1.54) is 6.92 Å². The second kappa shape index (κ2) is 6.07. The van der Waals surface area contributed by atoms with E-state index in [2.05, 4.69) is 19.4 Å². The lowest BCUT2D eigenvalue weighted by molar-refractivity contribution is -0.153. The molecule has 2 rings (SSSR count). The number of oxazole rings is 1. The SMILES string of the molecule is CC(=O)c1c(C)nc(C)nc1SCc1ncoc1C(F)(F)F. The van der Waals surface area contributed by atoms with E-state index in [1.807, 2.05) is 0 Å². The zero-order valence-corrected chi connectivity index (χ0v) is 12.8. The van der Waals surface area contributed by atoms with Gasteiger partial charge in [0.25, 0.3) is 0 Å². The molecule has 0 aliphatic rings. The van der Waals surface area contributed by atoms with Crippen LogP contribution >= 0.6 is 11.8 Å². The molecule has 0 fully saturated rings. The number of carbonyl (C=O) groups is 1. The van der Waals surface area contributed by atoms with Crippen molar-refractivity contribution in [3.05, 3.63) is 34.9 Å². The highest BCUT2D eigenvalue weighted by molar-refractivity contribution is 7.98. The third-order valence-electron chi connectivity index (χ3n) is 2.76. The minimum absolute atomic E-state index is 0.110. The lowest BCUT2D eigenvalue weighted by Gasteiger charge is -2.09. The maximum Gasteiger partial charge on any atom is 0.451 e. The number of aryl methyl sites for hydroxylation is 2. The number of carbonyl (C=O) groups excluding carboxylic acids is 1. The van der Waals surface area contributed by atoms with Crippen molar-refractivity contribution >= 4 is 17.5 Å². The first-order valence-electron chi connectivity index (χ1n) is 6.18. The largest absolute Gasteiger partial charge is 0.451 e. The molecular weight excluding hydrogens is 319 g/mol. The van der Waals surface area contributed by atoms with Crippen molar-refractivity contribution in [1.29, 1.82) is 0 Å². The van der Waals surface area contributed by atoms with Gasteiger partial charge in [-0.3, -0.25) is 4.79 Å². The Morgan fingerprint density at radius 3 is 2.59 bits per heavy atom. The van der Waals surface area contributed by atoms with Crippen LogP contribution in [0.4, 0.5) is 13.2 Å². The van der Waals surface area contributed by atoms with Crippen LogP contribution in [0.2, 0.25) is 0 Å². The number of halogens is 3. The molecule has 0 N–H and O–H groups in total. The van der Waals surface area contributed by atoms with Crippen molar-refractivity contribution in [3.8, 4) is 0 Å². The van der Waals surface area contributed by atoms with Crippen molar-refractivity contribution < 1.29 is 22.4 Å². The highest BCUT2D eigenvalue weighted by atomic mass is 32.2. The number of aromatic nitrogens is 3. The summed E-state index contributed by atoms with van der Waals surface area (Å²) in [5.41, 5.74) is 0.576. The van der Waals surface area contributed by atoms with E-state index in [1.54, 1.807) is 13.8 Å². The molecule has 2 aromatic heterocycles. The Balaban J connectivity index is 2.30. The molecule has 5 nitrogen and oxygen atoms in total. The number of ketones is 1. The summed E-state index contributed by atoms with van der Waals surface area (Å²) in [7, 11) is 0. The van der Waals surface area contributed by atoms with E-state index in [-0.39, 0.29) is 17.2 Å². The second-order valence-corrected chi connectivity index (χ2v) is 5.47. The standard InChI is InChI=1S/C13H12F3N3O2S/c1-6-10(7(2)20)12(19-8(3)18-6)22-4-9-11(13(14,15)16)21-5-17-9/h5H,4H2,1-3H3. The molecule has 0 aliphatic heterocycles. The lowest BCUT2D eigenvalue weighted by Crippen LogP contribution is -2.08.